The number of carbonyl (C=O) groups is 1. The highest BCUT2D eigenvalue weighted by atomic mass is 19.2. The number of halogens is 2. The second-order valence-corrected chi connectivity index (χ2v) is 4.87. The molecule has 3 nitrogen and oxygen atoms in total. The highest BCUT2D eigenvalue weighted by molar-refractivity contribution is 5.76. The number of carbonyl (C=O) groups excluding carboxylic acids is 1. The number of benzene rings is 2. The molecule has 2 aromatic carbocycles. The summed E-state index contributed by atoms with van der Waals surface area (Å²) in [6, 6.07) is 12.4. The van der Waals surface area contributed by atoms with Crippen molar-refractivity contribution < 1.29 is 18.3 Å². The molecule has 0 saturated heterocycles. The van der Waals surface area contributed by atoms with Gasteiger partial charge in [0.25, 0.3) is 0 Å². The summed E-state index contributed by atoms with van der Waals surface area (Å²) >= 11 is 0. The van der Waals surface area contributed by atoms with Crippen LogP contribution in [-0.4, -0.2) is 12.5 Å². The van der Waals surface area contributed by atoms with Crippen LogP contribution in [0.15, 0.2) is 48.5 Å². The molecule has 1 amide bonds. The Balaban J connectivity index is 1.80. The van der Waals surface area contributed by atoms with Crippen molar-refractivity contribution in [2.45, 2.75) is 19.4 Å². The van der Waals surface area contributed by atoms with E-state index in [1.807, 2.05) is 30.3 Å². The van der Waals surface area contributed by atoms with E-state index in [1.165, 1.54) is 6.07 Å². The Kier molecular flexibility index (Phi) is 5.47. The van der Waals surface area contributed by atoms with Crippen molar-refractivity contribution in [2.75, 3.05) is 6.61 Å². The van der Waals surface area contributed by atoms with E-state index < -0.39 is 17.7 Å². The zero-order chi connectivity index (χ0) is 15.9. The zero-order valence-corrected chi connectivity index (χ0v) is 12.2. The third kappa shape index (κ3) is 4.55. The molecule has 0 saturated carbocycles. The van der Waals surface area contributed by atoms with E-state index in [1.54, 1.807) is 6.92 Å². The highest BCUT2D eigenvalue weighted by Gasteiger charge is 2.12. The van der Waals surface area contributed by atoms with Crippen LogP contribution in [0.3, 0.4) is 0 Å². The summed E-state index contributed by atoms with van der Waals surface area (Å²) in [6.45, 7) is 1.96. The normalized spacial score (nSPS) is 11.8. The minimum atomic E-state index is -0.925. The first-order valence-corrected chi connectivity index (χ1v) is 6.98. The molecule has 0 aromatic heterocycles. The van der Waals surface area contributed by atoms with E-state index in [0.29, 0.717) is 11.3 Å². The van der Waals surface area contributed by atoms with Crippen LogP contribution in [0.1, 0.15) is 24.9 Å². The highest BCUT2D eigenvalue weighted by Crippen LogP contribution is 2.16. The minimum Gasteiger partial charge on any atom is -0.493 e. The topological polar surface area (TPSA) is 38.3 Å². The molecule has 0 radical (unpaired) electrons. The minimum absolute atomic E-state index is 0.183. The lowest BCUT2D eigenvalue weighted by Gasteiger charge is -2.15. The maximum atomic E-state index is 13.2. The van der Waals surface area contributed by atoms with Crippen LogP contribution in [0.4, 0.5) is 8.78 Å². The molecule has 0 bridgehead atoms. The molecule has 0 aliphatic carbocycles. The van der Waals surface area contributed by atoms with Crippen molar-refractivity contribution in [2.24, 2.45) is 0 Å². The number of rotatable bonds is 6. The average molecular weight is 305 g/mol. The molecule has 5 heteroatoms. The maximum Gasteiger partial charge on any atom is 0.223 e. The molecule has 0 heterocycles. The molecule has 0 fully saturated rings. The summed E-state index contributed by atoms with van der Waals surface area (Å²) in [5.41, 5.74) is 0.510. The van der Waals surface area contributed by atoms with Crippen molar-refractivity contribution in [1.82, 2.24) is 5.32 Å². The van der Waals surface area contributed by atoms with Crippen molar-refractivity contribution in [3.05, 3.63) is 65.7 Å². The van der Waals surface area contributed by atoms with Gasteiger partial charge in [0, 0.05) is 0 Å². The van der Waals surface area contributed by atoms with Crippen LogP contribution >= 0.6 is 0 Å². The van der Waals surface area contributed by atoms with Gasteiger partial charge in [-0.15, -0.1) is 0 Å². The van der Waals surface area contributed by atoms with E-state index in [2.05, 4.69) is 5.32 Å². The predicted molar refractivity (Wildman–Crippen MR) is 79.5 cm³/mol. The fourth-order valence-electron chi connectivity index (χ4n) is 1.96. The van der Waals surface area contributed by atoms with Gasteiger partial charge in [0.15, 0.2) is 11.6 Å². The first-order chi connectivity index (χ1) is 10.6. The summed E-state index contributed by atoms with van der Waals surface area (Å²) < 4.78 is 31.5. The number of amides is 1. The molecular weight excluding hydrogens is 288 g/mol. The van der Waals surface area contributed by atoms with Gasteiger partial charge in [-0.05, 0) is 36.8 Å². The predicted octanol–water partition coefficient (Wildman–Crippen LogP) is 3.61. The second-order valence-electron chi connectivity index (χ2n) is 4.87. The van der Waals surface area contributed by atoms with Gasteiger partial charge in [0.1, 0.15) is 5.75 Å². The van der Waals surface area contributed by atoms with E-state index in [-0.39, 0.29) is 18.9 Å². The number of nitrogens with one attached hydrogen (secondary N) is 1. The van der Waals surface area contributed by atoms with Gasteiger partial charge in [-0.2, -0.15) is 0 Å². The van der Waals surface area contributed by atoms with E-state index >= 15 is 0 Å². The smallest absolute Gasteiger partial charge is 0.223 e. The lowest BCUT2D eigenvalue weighted by atomic mass is 10.1. The quantitative estimate of drug-likeness (QED) is 0.885. The van der Waals surface area contributed by atoms with E-state index in [4.69, 9.17) is 4.74 Å². The fraction of sp³-hybridized carbons (Fsp3) is 0.235. The number of ether oxygens (including phenoxy) is 1. The summed E-state index contributed by atoms with van der Waals surface area (Å²) in [4.78, 5) is 11.8. The molecule has 0 aliphatic heterocycles. The standard InChI is InChI=1S/C17H17F2NO2/c1-12(13-7-8-15(18)16(19)11-13)20-17(21)9-10-22-14-5-3-2-4-6-14/h2-8,11-12H,9-10H2,1H3,(H,20,21). The van der Waals surface area contributed by atoms with Gasteiger partial charge in [-0.1, -0.05) is 24.3 Å². The monoisotopic (exact) mass is 305 g/mol. The number of para-hydroxylation sites is 1. The Morgan fingerprint density at radius 2 is 1.86 bits per heavy atom. The third-order valence-electron chi connectivity index (χ3n) is 3.16. The van der Waals surface area contributed by atoms with Crippen molar-refractivity contribution >= 4 is 5.91 Å². The van der Waals surface area contributed by atoms with Crippen LogP contribution in [-0.2, 0) is 4.79 Å². The van der Waals surface area contributed by atoms with Gasteiger partial charge in [0.2, 0.25) is 5.91 Å². The molecule has 0 aliphatic rings. The van der Waals surface area contributed by atoms with Gasteiger partial charge < -0.3 is 10.1 Å². The molecule has 0 spiro atoms. The van der Waals surface area contributed by atoms with Gasteiger partial charge in [-0.25, -0.2) is 8.78 Å². The lowest BCUT2D eigenvalue weighted by molar-refractivity contribution is -0.122. The fourth-order valence-corrected chi connectivity index (χ4v) is 1.96. The van der Waals surface area contributed by atoms with E-state index in [0.717, 1.165) is 12.1 Å². The lowest BCUT2D eigenvalue weighted by Crippen LogP contribution is -2.28. The average Bonchev–Trinajstić information content (AvgIpc) is 2.51. The molecule has 2 aromatic rings. The molecule has 116 valence electrons. The molecule has 1 atom stereocenters. The number of hydrogen-bond donors (Lipinski definition) is 1. The van der Waals surface area contributed by atoms with Crippen molar-refractivity contribution in [1.29, 1.82) is 0 Å². The summed E-state index contributed by atoms with van der Waals surface area (Å²) in [5.74, 6) is -1.35. The maximum absolute atomic E-state index is 13.2. The Hall–Kier alpha value is -2.43. The van der Waals surface area contributed by atoms with Gasteiger partial charge in [0.05, 0.1) is 19.1 Å². The van der Waals surface area contributed by atoms with E-state index in [9.17, 15) is 13.6 Å². The van der Waals surface area contributed by atoms with Crippen LogP contribution in [0, 0.1) is 11.6 Å². The first-order valence-electron chi connectivity index (χ1n) is 6.98. The molecule has 2 rings (SSSR count). The van der Waals surface area contributed by atoms with Crippen LogP contribution in [0.25, 0.3) is 0 Å². The first kappa shape index (κ1) is 15.9. The van der Waals surface area contributed by atoms with Gasteiger partial charge >= 0.3 is 0 Å². The van der Waals surface area contributed by atoms with Crippen LogP contribution in [0.2, 0.25) is 0 Å². The van der Waals surface area contributed by atoms with Crippen molar-refractivity contribution in [3.63, 3.8) is 0 Å². The Bertz CT molecular complexity index is 632. The zero-order valence-electron chi connectivity index (χ0n) is 12.2. The molecule has 22 heavy (non-hydrogen) atoms. The van der Waals surface area contributed by atoms with Gasteiger partial charge in [-0.3, -0.25) is 4.79 Å². The molecular formula is C17H17F2NO2. The number of hydrogen-bond acceptors (Lipinski definition) is 2. The Morgan fingerprint density at radius 1 is 1.14 bits per heavy atom. The Morgan fingerprint density at radius 3 is 2.55 bits per heavy atom. The largest absolute Gasteiger partial charge is 0.493 e. The Labute approximate surface area is 127 Å². The third-order valence-corrected chi connectivity index (χ3v) is 3.16. The second kappa shape index (κ2) is 7.54. The summed E-state index contributed by atoms with van der Waals surface area (Å²) in [6.07, 6.45) is 0.183. The van der Waals surface area contributed by atoms with Crippen molar-refractivity contribution in [3.8, 4) is 5.75 Å². The molecule has 1 unspecified atom stereocenters. The molecule has 1 N–H and O–H groups in total. The van der Waals surface area contributed by atoms with Crippen LogP contribution in [0.5, 0.6) is 5.75 Å². The van der Waals surface area contributed by atoms with Crippen LogP contribution < -0.4 is 10.1 Å². The summed E-state index contributed by atoms with van der Waals surface area (Å²) in [5, 5.41) is 2.72. The summed E-state index contributed by atoms with van der Waals surface area (Å²) in [7, 11) is 0. The SMILES string of the molecule is CC(NC(=O)CCOc1ccccc1)c1ccc(F)c(F)c1.